The Bertz CT molecular complexity index is 947. The van der Waals surface area contributed by atoms with Crippen LogP contribution in [-0.2, 0) is 22.5 Å². The van der Waals surface area contributed by atoms with Crippen molar-refractivity contribution >= 4 is 5.91 Å². The van der Waals surface area contributed by atoms with Crippen LogP contribution in [0.5, 0.6) is 0 Å². The van der Waals surface area contributed by atoms with Crippen molar-refractivity contribution in [2.24, 2.45) is 5.73 Å². The number of hydrogen-bond donors (Lipinski definition) is 1. The Morgan fingerprint density at radius 2 is 1.84 bits per heavy atom. The first kappa shape index (κ1) is 22.5. The van der Waals surface area contributed by atoms with E-state index in [1.165, 1.54) is 16.7 Å². The Kier molecular flexibility index (Phi) is 7.54. The molecule has 2 aliphatic heterocycles. The van der Waals surface area contributed by atoms with Gasteiger partial charge in [-0.3, -0.25) is 14.6 Å². The summed E-state index contributed by atoms with van der Waals surface area (Å²) in [6, 6.07) is 18.9. The number of benzene rings is 2. The van der Waals surface area contributed by atoms with Crippen LogP contribution in [0.3, 0.4) is 0 Å². The van der Waals surface area contributed by atoms with Gasteiger partial charge in [-0.15, -0.1) is 0 Å². The summed E-state index contributed by atoms with van der Waals surface area (Å²) in [4.78, 5) is 16.3. The summed E-state index contributed by atoms with van der Waals surface area (Å²) in [5.74, 6) is -0.322. The van der Waals surface area contributed by atoms with Crippen LogP contribution in [-0.4, -0.2) is 60.6 Å². The second-order valence-corrected chi connectivity index (χ2v) is 8.79. The first-order valence-electron chi connectivity index (χ1n) is 11.6. The van der Waals surface area contributed by atoms with Crippen LogP contribution in [0.1, 0.15) is 30.4 Å². The highest BCUT2D eigenvalue weighted by Gasteiger charge is 2.32. The second kappa shape index (κ2) is 10.7. The van der Waals surface area contributed by atoms with Crippen molar-refractivity contribution in [3.8, 4) is 17.2 Å². The largest absolute Gasteiger partial charge is 0.379 e. The average molecular weight is 433 g/mol. The third-order valence-electron chi connectivity index (χ3n) is 6.58. The van der Waals surface area contributed by atoms with Crippen LogP contribution < -0.4 is 5.73 Å². The van der Waals surface area contributed by atoms with Gasteiger partial charge in [0.05, 0.1) is 25.3 Å². The Balaban J connectivity index is 1.43. The minimum Gasteiger partial charge on any atom is -0.379 e. The van der Waals surface area contributed by atoms with Crippen LogP contribution >= 0.6 is 0 Å². The lowest BCUT2D eigenvalue weighted by molar-refractivity contribution is -0.125. The first-order chi connectivity index (χ1) is 15.6. The van der Waals surface area contributed by atoms with Crippen molar-refractivity contribution in [3.63, 3.8) is 0 Å². The van der Waals surface area contributed by atoms with Gasteiger partial charge >= 0.3 is 0 Å². The second-order valence-electron chi connectivity index (χ2n) is 8.79. The Morgan fingerprint density at radius 1 is 1.06 bits per heavy atom. The van der Waals surface area contributed by atoms with E-state index in [0.717, 1.165) is 64.2 Å². The number of piperidine rings is 1. The van der Waals surface area contributed by atoms with Crippen molar-refractivity contribution < 1.29 is 9.53 Å². The molecule has 1 unspecified atom stereocenters. The van der Waals surface area contributed by atoms with Crippen LogP contribution in [0.2, 0.25) is 0 Å². The summed E-state index contributed by atoms with van der Waals surface area (Å²) in [5, 5.41) is 9.78. The van der Waals surface area contributed by atoms with E-state index in [9.17, 15) is 10.1 Å². The van der Waals surface area contributed by atoms with Crippen molar-refractivity contribution in [2.45, 2.75) is 44.3 Å². The molecule has 0 saturated carbocycles. The Hall–Kier alpha value is -2.72. The molecule has 2 saturated heterocycles. The molecular formula is C26H32N4O2. The summed E-state index contributed by atoms with van der Waals surface area (Å²) in [7, 11) is 0. The summed E-state index contributed by atoms with van der Waals surface area (Å²) >= 11 is 0. The van der Waals surface area contributed by atoms with Crippen LogP contribution in [0.15, 0.2) is 48.5 Å². The number of carbonyl (C=O) groups excluding carboxylic acids is 1. The fourth-order valence-electron chi connectivity index (χ4n) is 4.79. The molecule has 0 aromatic heterocycles. The number of ether oxygens (including phenoxy) is 1. The normalized spacial score (nSPS) is 21.0. The standard InChI is InChI=1S/C26H32N4O2/c27-18-24(30-11-2-1-6-25(30)26(28)31)17-20-7-9-22(10-8-20)23-5-3-4-21(16-23)19-29-12-14-32-15-13-29/h3-5,7-10,16,24-25H,1-2,6,11-15,17,19H2,(H2,28,31)/t24-,25?/m0/s1. The lowest BCUT2D eigenvalue weighted by atomic mass is 9.95. The number of rotatable bonds is 7. The van der Waals surface area contributed by atoms with Crippen molar-refractivity contribution in [2.75, 3.05) is 32.8 Å². The zero-order chi connectivity index (χ0) is 22.3. The average Bonchev–Trinajstić information content (AvgIpc) is 2.84. The van der Waals surface area contributed by atoms with E-state index in [-0.39, 0.29) is 18.0 Å². The fraction of sp³-hybridized carbons (Fsp3) is 0.462. The van der Waals surface area contributed by atoms with Crippen molar-refractivity contribution in [1.82, 2.24) is 9.80 Å². The minimum absolute atomic E-state index is 0.322. The van der Waals surface area contributed by atoms with E-state index < -0.39 is 0 Å². The Morgan fingerprint density at radius 3 is 2.56 bits per heavy atom. The molecule has 4 rings (SSSR count). The maximum Gasteiger partial charge on any atom is 0.234 e. The molecule has 2 aromatic rings. The zero-order valence-corrected chi connectivity index (χ0v) is 18.6. The lowest BCUT2D eigenvalue weighted by Crippen LogP contribution is -2.52. The van der Waals surface area contributed by atoms with Gasteiger partial charge in [0.15, 0.2) is 0 Å². The number of nitrogens with zero attached hydrogens (tertiary/aromatic N) is 3. The van der Waals surface area contributed by atoms with Gasteiger partial charge < -0.3 is 10.5 Å². The third kappa shape index (κ3) is 5.55. The topological polar surface area (TPSA) is 82.6 Å². The molecule has 0 aliphatic carbocycles. The van der Waals surface area contributed by atoms with Gasteiger partial charge in [0.1, 0.15) is 6.04 Å². The highest BCUT2D eigenvalue weighted by molar-refractivity contribution is 5.80. The highest BCUT2D eigenvalue weighted by Crippen LogP contribution is 2.24. The molecule has 0 bridgehead atoms. The van der Waals surface area contributed by atoms with Crippen LogP contribution in [0.4, 0.5) is 0 Å². The molecule has 0 spiro atoms. The Labute approximate surface area is 190 Å². The number of amides is 1. The summed E-state index contributed by atoms with van der Waals surface area (Å²) in [5.41, 5.74) is 10.4. The number of nitrogens with two attached hydrogens (primary N) is 1. The van der Waals surface area contributed by atoms with Gasteiger partial charge in [-0.05, 0) is 41.2 Å². The number of morpholine rings is 1. The van der Waals surface area contributed by atoms with Gasteiger partial charge in [-0.2, -0.15) is 5.26 Å². The smallest absolute Gasteiger partial charge is 0.234 e. The lowest BCUT2D eigenvalue weighted by Gasteiger charge is -2.36. The first-order valence-corrected chi connectivity index (χ1v) is 11.6. The summed E-state index contributed by atoms with van der Waals surface area (Å²) < 4.78 is 5.45. The third-order valence-corrected chi connectivity index (χ3v) is 6.58. The fourth-order valence-corrected chi connectivity index (χ4v) is 4.79. The van der Waals surface area contributed by atoms with Gasteiger partial charge in [0.25, 0.3) is 0 Å². The molecule has 32 heavy (non-hydrogen) atoms. The molecule has 2 aliphatic rings. The molecule has 2 atom stereocenters. The molecule has 168 valence electrons. The number of nitriles is 1. The SMILES string of the molecule is N#C[C@H](Cc1ccc(-c2cccc(CN3CCOCC3)c2)cc1)N1CCCCC1C(N)=O. The quantitative estimate of drug-likeness (QED) is 0.727. The van der Waals surface area contributed by atoms with Gasteiger partial charge in [0, 0.05) is 32.6 Å². The van der Waals surface area contributed by atoms with E-state index in [2.05, 4.69) is 59.5 Å². The number of carbonyl (C=O) groups is 1. The van der Waals surface area contributed by atoms with Crippen molar-refractivity contribution in [1.29, 1.82) is 5.26 Å². The van der Waals surface area contributed by atoms with Gasteiger partial charge in [0.2, 0.25) is 5.91 Å². The highest BCUT2D eigenvalue weighted by atomic mass is 16.5. The molecule has 2 aromatic carbocycles. The molecule has 2 fully saturated rings. The maximum atomic E-state index is 11.9. The molecular weight excluding hydrogens is 400 g/mol. The molecule has 6 heteroatoms. The molecule has 1 amide bonds. The van der Waals surface area contributed by atoms with Crippen molar-refractivity contribution in [3.05, 3.63) is 59.7 Å². The molecule has 0 radical (unpaired) electrons. The van der Waals surface area contributed by atoms with E-state index in [1.807, 2.05) is 4.90 Å². The zero-order valence-electron chi connectivity index (χ0n) is 18.6. The monoisotopic (exact) mass is 432 g/mol. The van der Waals surface area contributed by atoms with Crippen LogP contribution in [0.25, 0.3) is 11.1 Å². The predicted octanol–water partition coefficient (Wildman–Crippen LogP) is 2.96. The van der Waals surface area contributed by atoms with E-state index in [1.54, 1.807) is 0 Å². The summed E-state index contributed by atoms with van der Waals surface area (Å²) in [6.45, 7) is 5.26. The number of primary amides is 1. The maximum absolute atomic E-state index is 11.9. The molecule has 2 heterocycles. The minimum atomic E-state index is -0.337. The number of hydrogen-bond acceptors (Lipinski definition) is 5. The van der Waals surface area contributed by atoms with Crippen LogP contribution in [0, 0.1) is 11.3 Å². The summed E-state index contributed by atoms with van der Waals surface area (Å²) in [6.07, 6.45) is 3.33. The predicted molar refractivity (Wildman–Crippen MR) is 125 cm³/mol. The molecule has 2 N–H and O–H groups in total. The van der Waals surface area contributed by atoms with Gasteiger partial charge in [-0.25, -0.2) is 0 Å². The van der Waals surface area contributed by atoms with E-state index in [0.29, 0.717) is 6.42 Å². The number of likely N-dealkylation sites (tertiary alicyclic amines) is 1. The van der Waals surface area contributed by atoms with Gasteiger partial charge in [-0.1, -0.05) is 48.9 Å². The molecule has 6 nitrogen and oxygen atoms in total. The van der Waals surface area contributed by atoms with E-state index in [4.69, 9.17) is 10.5 Å². The van der Waals surface area contributed by atoms with E-state index >= 15 is 0 Å².